The molecule has 0 fully saturated rings. The third-order valence-electron chi connectivity index (χ3n) is 3.98. The number of nitrogens with zero attached hydrogens (tertiary/aromatic N) is 1. The summed E-state index contributed by atoms with van der Waals surface area (Å²) < 4.78 is 15.4. The molecule has 0 aliphatic rings. The van der Waals surface area contributed by atoms with Crippen molar-refractivity contribution >= 4 is 28.4 Å². The van der Waals surface area contributed by atoms with Crippen LogP contribution in [-0.4, -0.2) is 15.6 Å². The first-order valence-corrected chi connectivity index (χ1v) is 7.78. The Kier molecular flexibility index (Phi) is 4.55. The molecule has 3 rings (SSSR count). The molecule has 3 aromatic rings. The van der Waals surface area contributed by atoms with Crippen molar-refractivity contribution in [1.29, 1.82) is 0 Å². The van der Waals surface area contributed by atoms with Gasteiger partial charge in [-0.15, -0.1) is 0 Å². The number of rotatable bonds is 4. The molecule has 0 unspecified atom stereocenters. The zero-order valence-corrected chi connectivity index (χ0v) is 13.8. The summed E-state index contributed by atoms with van der Waals surface area (Å²) in [4.78, 5) is 12.4. The second-order valence-electron chi connectivity index (χ2n) is 5.56. The van der Waals surface area contributed by atoms with E-state index in [0.29, 0.717) is 16.3 Å². The van der Waals surface area contributed by atoms with E-state index in [1.807, 2.05) is 6.07 Å². The molecule has 0 spiro atoms. The smallest absolute Gasteiger partial charge is 0.268 e. The van der Waals surface area contributed by atoms with E-state index < -0.39 is 5.82 Å². The normalized spacial score (nSPS) is 11.0. The van der Waals surface area contributed by atoms with Gasteiger partial charge in [-0.25, -0.2) is 4.39 Å². The van der Waals surface area contributed by atoms with Crippen LogP contribution in [0.4, 0.5) is 4.39 Å². The van der Waals surface area contributed by atoms with E-state index in [9.17, 15) is 9.18 Å². The maximum Gasteiger partial charge on any atom is 0.268 e. The van der Waals surface area contributed by atoms with Crippen LogP contribution >= 0.6 is 11.6 Å². The minimum Gasteiger partial charge on any atom is -0.392 e. The molecule has 1 heterocycles. The highest BCUT2D eigenvalue weighted by molar-refractivity contribution is 6.31. The number of hydrogen-bond acceptors (Lipinski definition) is 2. The number of nitrogens with one attached hydrogen (secondary N) is 1. The van der Waals surface area contributed by atoms with E-state index in [1.165, 1.54) is 12.1 Å². The third kappa shape index (κ3) is 3.13. The molecule has 0 aliphatic heterocycles. The maximum atomic E-state index is 13.7. The van der Waals surface area contributed by atoms with Crippen molar-refractivity contribution in [3.8, 4) is 0 Å². The second kappa shape index (κ2) is 6.63. The molecule has 0 saturated carbocycles. The van der Waals surface area contributed by atoms with Gasteiger partial charge in [-0.3, -0.25) is 4.79 Å². The number of aromatic nitrogens is 1. The Labute approximate surface area is 143 Å². The molecule has 124 valence electrons. The Morgan fingerprint density at radius 3 is 2.75 bits per heavy atom. The zero-order chi connectivity index (χ0) is 17.3. The largest absolute Gasteiger partial charge is 0.392 e. The Balaban J connectivity index is 1.78. The van der Waals surface area contributed by atoms with Crippen LogP contribution in [0, 0.1) is 5.82 Å². The van der Waals surface area contributed by atoms with Gasteiger partial charge in [-0.1, -0.05) is 29.8 Å². The molecule has 1 amide bonds. The van der Waals surface area contributed by atoms with Crippen LogP contribution in [0.25, 0.3) is 10.9 Å². The lowest BCUT2D eigenvalue weighted by Crippen LogP contribution is -2.24. The number of halogens is 2. The van der Waals surface area contributed by atoms with Gasteiger partial charge in [0.25, 0.3) is 5.91 Å². The highest BCUT2D eigenvalue weighted by Gasteiger charge is 2.13. The minimum atomic E-state index is -0.483. The molecule has 2 aromatic carbocycles. The van der Waals surface area contributed by atoms with Gasteiger partial charge >= 0.3 is 0 Å². The lowest BCUT2D eigenvalue weighted by Gasteiger charge is -2.08. The van der Waals surface area contributed by atoms with Crippen LogP contribution in [0.5, 0.6) is 0 Å². The molecular weight excluding hydrogens is 331 g/mol. The van der Waals surface area contributed by atoms with Crippen LogP contribution in [0.2, 0.25) is 5.02 Å². The van der Waals surface area contributed by atoms with E-state index in [1.54, 1.807) is 35.9 Å². The predicted octanol–water partition coefficient (Wildman–Crippen LogP) is 3.39. The molecule has 24 heavy (non-hydrogen) atoms. The van der Waals surface area contributed by atoms with Crippen molar-refractivity contribution < 1.29 is 14.3 Å². The zero-order valence-electron chi connectivity index (χ0n) is 13.0. The molecule has 1 aromatic heterocycles. The fraction of sp³-hybridized carbons (Fsp3) is 0.167. The lowest BCUT2D eigenvalue weighted by atomic mass is 10.1. The summed E-state index contributed by atoms with van der Waals surface area (Å²) in [5.74, 6) is -0.736. The first-order chi connectivity index (χ1) is 11.5. The van der Waals surface area contributed by atoms with Gasteiger partial charge in [0.1, 0.15) is 11.5 Å². The fourth-order valence-electron chi connectivity index (χ4n) is 2.62. The van der Waals surface area contributed by atoms with Gasteiger partial charge in [0.15, 0.2) is 0 Å². The average molecular weight is 347 g/mol. The molecule has 0 radical (unpaired) electrons. The molecule has 4 nitrogen and oxygen atoms in total. The Bertz CT molecular complexity index is 921. The Hall–Kier alpha value is -2.37. The van der Waals surface area contributed by atoms with Gasteiger partial charge < -0.3 is 15.0 Å². The quantitative estimate of drug-likeness (QED) is 0.760. The lowest BCUT2D eigenvalue weighted by molar-refractivity contribution is 0.0943. The van der Waals surface area contributed by atoms with Gasteiger partial charge in [0.05, 0.1) is 6.61 Å². The van der Waals surface area contributed by atoms with Gasteiger partial charge in [0.2, 0.25) is 0 Å². The topological polar surface area (TPSA) is 54.3 Å². The first-order valence-electron chi connectivity index (χ1n) is 7.41. The van der Waals surface area contributed by atoms with Crippen molar-refractivity contribution in [1.82, 2.24) is 9.88 Å². The van der Waals surface area contributed by atoms with Crippen LogP contribution in [-0.2, 0) is 20.2 Å². The molecule has 2 N–H and O–H groups in total. The number of fused-ring (bicyclic) bond motifs is 1. The number of hydrogen-bond donors (Lipinski definition) is 2. The van der Waals surface area contributed by atoms with E-state index in [-0.39, 0.29) is 24.6 Å². The summed E-state index contributed by atoms with van der Waals surface area (Å²) in [6.45, 7) is -0.152. The summed E-state index contributed by atoms with van der Waals surface area (Å²) in [7, 11) is 1.79. The number of aliphatic hydroxyl groups excluding tert-OH is 1. The maximum absolute atomic E-state index is 13.7. The number of benzene rings is 2. The number of amides is 1. The number of aryl methyl sites for hydroxylation is 1. The van der Waals surface area contributed by atoms with E-state index in [4.69, 9.17) is 16.7 Å². The first kappa shape index (κ1) is 16.5. The molecule has 0 saturated heterocycles. The SMILES string of the molecule is Cn1c(C(=O)NCc2ccc(CO)c(F)c2)cc2ccc(Cl)cc21. The fourth-order valence-corrected chi connectivity index (χ4v) is 2.79. The molecule has 0 atom stereocenters. The van der Waals surface area contributed by atoms with E-state index >= 15 is 0 Å². The highest BCUT2D eigenvalue weighted by atomic mass is 35.5. The number of carbonyl (C=O) groups is 1. The third-order valence-corrected chi connectivity index (χ3v) is 4.22. The van der Waals surface area contributed by atoms with Crippen LogP contribution in [0.1, 0.15) is 21.6 Å². The van der Waals surface area contributed by atoms with Gasteiger partial charge in [-0.05, 0) is 29.8 Å². The summed E-state index contributed by atoms with van der Waals surface area (Å²) in [5.41, 5.74) is 2.22. The van der Waals surface area contributed by atoms with Crippen molar-refractivity contribution in [2.24, 2.45) is 7.05 Å². The van der Waals surface area contributed by atoms with Crippen molar-refractivity contribution in [3.63, 3.8) is 0 Å². The van der Waals surface area contributed by atoms with Crippen LogP contribution in [0.15, 0.2) is 42.5 Å². The summed E-state index contributed by atoms with van der Waals surface area (Å²) >= 11 is 5.99. The van der Waals surface area contributed by atoms with Crippen LogP contribution < -0.4 is 5.32 Å². The monoisotopic (exact) mass is 346 g/mol. The van der Waals surface area contributed by atoms with Gasteiger partial charge in [0, 0.05) is 35.1 Å². The second-order valence-corrected chi connectivity index (χ2v) is 5.99. The molecule has 6 heteroatoms. The molecule has 0 aliphatic carbocycles. The predicted molar refractivity (Wildman–Crippen MR) is 91.4 cm³/mol. The summed E-state index contributed by atoms with van der Waals surface area (Å²) in [6, 6.07) is 11.7. The highest BCUT2D eigenvalue weighted by Crippen LogP contribution is 2.22. The van der Waals surface area contributed by atoms with Crippen LogP contribution in [0.3, 0.4) is 0 Å². The summed E-state index contributed by atoms with van der Waals surface area (Å²) in [5, 5.41) is 13.3. The number of carbonyl (C=O) groups excluding carboxylic acids is 1. The number of aliphatic hydroxyl groups is 1. The van der Waals surface area contributed by atoms with E-state index in [0.717, 1.165) is 10.9 Å². The molecular formula is C18H16ClFN2O2. The summed E-state index contributed by atoms with van der Waals surface area (Å²) in [6.07, 6.45) is 0. The minimum absolute atomic E-state index is 0.198. The Morgan fingerprint density at radius 2 is 2.04 bits per heavy atom. The van der Waals surface area contributed by atoms with Crippen molar-refractivity contribution in [2.45, 2.75) is 13.2 Å². The Morgan fingerprint density at radius 1 is 1.25 bits per heavy atom. The standard InChI is InChI=1S/C18H16ClFN2O2/c1-22-16-8-14(19)5-4-12(16)7-17(22)18(24)21-9-11-2-3-13(10-23)15(20)6-11/h2-8,23H,9-10H2,1H3,(H,21,24). The molecule has 0 bridgehead atoms. The van der Waals surface area contributed by atoms with Crippen molar-refractivity contribution in [3.05, 3.63) is 70.1 Å². The van der Waals surface area contributed by atoms with Gasteiger partial charge in [-0.2, -0.15) is 0 Å². The average Bonchev–Trinajstić information content (AvgIpc) is 2.89. The van der Waals surface area contributed by atoms with Crippen molar-refractivity contribution in [2.75, 3.05) is 0 Å². The van der Waals surface area contributed by atoms with E-state index in [2.05, 4.69) is 5.32 Å².